The molecule has 8 aromatic carbocycles. The maximum absolute atomic E-state index is 6.59. The third-order valence-electron chi connectivity index (χ3n) is 11.0. The molecule has 4 heteroatoms. The molecule has 1 aliphatic carbocycles. The Bertz CT molecular complexity index is 2970. The second kappa shape index (κ2) is 10.7. The van der Waals surface area contributed by atoms with Crippen molar-refractivity contribution >= 4 is 60.9 Å². The predicted octanol–water partition coefficient (Wildman–Crippen LogP) is 13.4. The first-order chi connectivity index (χ1) is 25.5. The molecule has 11 rings (SSSR count). The smallest absolute Gasteiger partial charge is 0.227 e. The third-order valence-corrected chi connectivity index (χ3v) is 11.0. The lowest BCUT2D eigenvalue weighted by molar-refractivity contribution is 0.623. The molecular weight excluding hydrogens is 637 g/mol. The van der Waals surface area contributed by atoms with Gasteiger partial charge in [0.25, 0.3) is 0 Å². The van der Waals surface area contributed by atoms with Gasteiger partial charge < -0.3 is 13.7 Å². The first-order valence-corrected chi connectivity index (χ1v) is 17.8. The molecule has 2 heterocycles. The molecule has 0 radical (unpaired) electrons. The summed E-state index contributed by atoms with van der Waals surface area (Å²) in [6, 6.07) is 55.9. The van der Waals surface area contributed by atoms with Crippen molar-refractivity contribution in [2.75, 3.05) is 4.90 Å². The highest BCUT2D eigenvalue weighted by atomic mass is 16.3. The minimum absolute atomic E-state index is 0.0406. The second-order valence-corrected chi connectivity index (χ2v) is 14.4. The van der Waals surface area contributed by atoms with E-state index in [4.69, 9.17) is 13.8 Å². The Balaban J connectivity index is 1.05. The molecule has 0 aliphatic heterocycles. The average molecular weight is 669 g/mol. The number of nitrogens with zero attached hydrogens (tertiary/aromatic N) is 2. The lowest BCUT2D eigenvalue weighted by atomic mass is 9.82. The number of para-hydroxylation sites is 1. The number of anilines is 3. The normalized spacial score (nSPS) is 13.3. The molecule has 0 N–H and O–H groups in total. The molecule has 2 aromatic heterocycles. The van der Waals surface area contributed by atoms with Crippen LogP contribution in [0.15, 0.2) is 167 Å². The van der Waals surface area contributed by atoms with Gasteiger partial charge in [0.1, 0.15) is 16.7 Å². The van der Waals surface area contributed by atoms with Crippen LogP contribution in [0.2, 0.25) is 0 Å². The van der Waals surface area contributed by atoms with Gasteiger partial charge in [-0.15, -0.1) is 0 Å². The Kier molecular flexibility index (Phi) is 5.98. The fourth-order valence-corrected chi connectivity index (χ4v) is 8.55. The van der Waals surface area contributed by atoms with E-state index in [2.05, 4.69) is 134 Å². The topological polar surface area (TPSA) is 42.4 Å². The summed E-state index contributed by atoms with van der Waals surface area (Å²) in [5, 5.41) is 4.21. The zero-order valence-electron chi connectivity index (χ0n) is 28.7. The maximum Gasteiger partial charge on any atom is 0.227 e. The van der Waals surface area contributed by atoms with Crippen molar-refractivity contribution in [2.45, 2.75) is 19.3 Å². The van der Waals surface area contributed by atoms with Crippen molar-refractivity contribution in [3.8, 4) is 33.7 Å². The molecule has 0 bridgehead atoms. The molecule has 0 amide bonds. The van der Waals surface area contributed by atoms with Crippen LogP contribution in [0, 0.1) is 0 Å². The maximum atomic E-state index is 6.59. The number of hydrogen-bond donors (Lipinski definition) is 0. The van der Waals surface area contributed by atoms with Crippen LogP contribution < -0.4 is 4.90 Å². The highest BCUT2D eigenvalue weighted by Crippen LogP contribution is 2.51. The largest absolute Gasteiger partial charge is 0.456 e. The molecule has 4 nitrogen and oxygen atoms in total. The summed E-state index contributed by atoms with van der Waals surface area (Å²) in [6.45, 7) is 4.65. The van der Waals surface area contributed by atoms with Crippen LogP contribution in [0.5, 0.6) is 0 Å². The van der Waals surface area contributed by atoms with Gasteiger partial charge >= 0.3 is 0 Å². The van der Waals surface area contributed by atoms with Crippen molar-refractivity contribution in [2.24, 2.45) is 0 Å². The minimum atomic E-state index is -0.0406. The first kappa shape index (κ1) is 29.1. The lowest BCUT2D eigenvalue weighted by Crippen LogP contribution is -2.15. The summed E-state index contributed by atoms with van der Waals surface area (Å²) >= 11 is 0. The van der Waals surface area contributed by atoms with E-state index in [9.17, 15) is 0 Å². The second-order valence-electron chi connectivity index (χ2n) is 14.4. The Morgan fingerprint density at radius 3 is 2.00 bits per heavy atom. The quantitative estimate of drug-likeness (QED) is 0.171. The van der Waals surface area contributed by atoms with Gasteiger partial charge in [-0.1, -0.05) is 105 Å². The molecule has 0 atom stereocenters. The van der Waals surface area contributed by atoms with Crippen molar-refractivity contribution in [3.05, 3.63) is 169 Å². The van der Waals surface area contributed by atoms with Gasteiger partial charge in [-0.2, -0.15) is 0 Å². The van der Waals surface area contributed by atoms with Crippen LogP contribution in [-0.2, 0) is 5.41 Å². The molecule has 0 unspecified atom stereocenters. The first-order valence-electron chi connectivity index (χ1n) is 17.8. The highest BCUT2D eigenvalue weighted by molar-refractivity contribution is 6.31. The molecule has 52 heavy (non-hydrogen) atoms. The van der Waals surface area contributed by atoms with Crippen LogP contribution in [0.1, 0.15) is 25.0 Å². The lowest BCUT2D eigenvalue weighted by Gasteiger charge is -2.27. The van der Waals surface area contributed by atoms with Crippen LogP contribution in [0.25, 0.3) is 77.5 Å². The Morgan fingerprint density at radius 2 is 1.17 bits per heavy atom. The van der Waals surface area contributed by atoms with E-state index in [1.54, 1.807) is 0 Å². The van der Waals surface area contributed by atoms with Gasteiger partial charge in [-0.3, -0.25) is 0 Å². The summed E-state index contributed by atoms with van der Waals surface area (Å²) in [5.74, 6) is 0.618. The minimum Gasteiger partial charge on any atom is -0.456 e. The summed E-state index contributed by atoms with van der Waals surface area (Å²) in [4.78, 5) is 7.38. The van der Waals surface area contributed by atoms with Crippen LogP contribution in [0.4, 0.5) is 17.1 Å². The zero-order chi connectivity index (χ0) is 34.6. The fourth-order valence-electron chi connectivity index (χ4n) is 8.55. The average Bonchev–Trinajstić information content (AvgIpc) is 3.87. The number of aromatic nitrogens is 1. The van der Waals surface area contributed by atoms with E-state index in [-0.39, 0.29) is 5.41 Å². The Morgan fingerprint density at radius 1 is 0.481 bits per heavy atom. The van der Waals surface area contributed by atoms with E-state index >= 15 is 0 Å². The van der Waals surface area contributed by atoms with Gasteiger partial charge in [-0.25, -0.2) is 4.98 Å². The zero-order valence-corrected chi connectivity index (χ0v) is 28.7. The number of hydrogen-bond acceptors (Lipinski definition) is 4. The van der Waals surface area contributed by atoms with Crippen molar-refractivity contribution in [1.29, 1.82) is 0 Å². The molecule has 0 spiro atoms. The molecule has 1 aliphatic rings. The summed E-state index contributed by atoms with van der Waals surface area (Å²) < 4.78 is 13.1. The van der Waals surface area contributed by atoms with Gasteiger partial charge in [0, 0.05) is 49.6 Å². The summed E-state index contributed by atoms with van der Waals surface area (Å²) in [5.41, 5.74) is 15.1. The molecular formula is C48H32N2O2. The van der Waals surface area contributed by atoms with Crippen LogP contribution >= 0.6 is 0 Å². The van der Waals surface area contributed by atoms with Crippen LogP contribution in [-0.4, -0.2) is 4.98 Å². The highest BCUT2D eigenvalue weighted by Gasteiger charge is 2.35. The molecule has 0 saturated heterocycles. The van der Waals surface area contributed by atoms with Gasteiger partial charge in [0.2, 0.25) is 5.89 Å². The number of rotatable bonds is 5. The van der Waals surface area contributed by atoms with Gasteiger partial charge in [-0.05, 0) is 100 Å². The summed E-state index contributed by atoms with van der Waals surface area (Å²) in [6.07, 6.45) is 0. The van der Waals surface area contributed by atoms with Gasteiger partial charge in [0.05, 0.1) is 0 Å². The Labute approximate surface area is 300 Å². The summed E-state index contributed by atoms with van der Waals surface area (Å²) in [7, 11) is 0. The number of benzene rings is 8. The fraction of sp³-hybridized carbons (Fsp3) is 0.0625. The van der Waals surface area contributed by atoms with Crippen molar-refractivity contribution in [1.82, 2.24) is 4.98 Å². The molecule has 246 valence electrons. The number of oxazole rings is 1. The Hall–Kier alpha value is -6.65. The number of fused-ring (bicyclic) bond motifs is 6. The molecule has 10 aromatic rings. The third kappa shape index (κ3) is 4.12. The van der Waals surface area contributed by atoms with Crippen molar-refractivity contribution < 1.29 is 8.83 Å². The van der Waals surface area contributed by atoms with Crippen molar-refractivity contribution in [3.63, 3.8) is 0 Å². The predicted molar refractivity (Wildman–Crippen MR) is 213 cm³/mol. The molecule has 0 saturated carbocycles. The van der Waals surface area contributed by atoms with E-state index in [0.29, 0.717) is 5.89 Å². The van der Waals surface area contributed by atoms with Gasteiger partial charge in [0.15, 0.2) is 5.58 Å². The standard InChI is InChI=1S/C48H32N2O2/c1-48(2)39-18-10-9-16-35(39)37-28-34(24-25-40(37)48)50(32-14-7-4-8-15-32)33-22-20-29(21-23-33)31-26-38-44-42(27-31)51-41-19-11-17-36(43(41)44)45-46(38)52-47(49-45)30-12-5-3-6-13-30/h3-28H,1-2H3. The van der Waals surface area contributed by atoms with Crippen LogP contribution in [0.3, 0.4) is 0 Å². The van der Waals surface area contributed by atoms with E-state index in [1.807, 2.05) is 42.5 Å². The van der Waals surface area contributed by atoms with E-state index < -0.39 is 0 Å². The SMILES string of the molecule is CC1(C)c2ccccc2-c2cc(N(c3ccccc3)c3ccc(-c4cc5oc6cccc7c8nc(-c9ccccc9)oc8c(c4)c5c67)cc3)ccc21. The number of furan rings is 1. The van der Waals surface area contributed by atoms with E-state index in [0.717, 1.165) is 77.6 Å². The van der Waals surface area contributed by atoms with E-state index in [1.165, 1.54) is 22.3 Å². The monoisotopic (exact) mass is 668 g/mol. The molecule has 0 fully saturated rings.